The molecule has 1 saturated carbocycles. The molecule has 2 aromatic rings. The highest BCUT2D eigenvalue weighted by Gasteiger charge is 2.34. The van der Waals surface area contributed by atoms with E-state index in [9.17, 15) is 14.4 Å². The Morgan fingerprint density at radius 3 is 2.38 bits per heavy atom. The molecule has 0 bridgehead atoms. The van der Waals surface area contributed by atoms with Crippen LogP contribution >= 0.6 is 23.2 Å². The minimum atomic E-state index is -0.341. The molecule has 1 aliphatic carbocycles. The van der Waals surface area contributed by atoms with E-state index in [-0.39, 0.29) is 42.8 Å². The van der Waals surface area contributed by atoms with Crippen molar-refractivity contribution >= 4 is 40.9 Å². The molecule has 10 heteroatoms. The minimum Gasteiger partial charge on any atom is -0.492 e. The van der Waals surface area contributed by atoms with Crippen LogP contribution < -0.4 is 20.7 Å². The molecular formula is C29H38Cl2N4O4. The van der Waals surface area contributed by atoms with Gasteiger partial charge in [-0.25, -0.2) is 0 Å². The smallest absolute Gasteiger partial charge is 0.240 e. The van der Waals surface area contributed by atoms with Crippen molar-refractivity contribution in [2.75, 3.05) is 39.8 Å². The van der Waals surface area contributed by atoms with Gasteiger partial charge in [-0.1, -0.05) is 53.9 Å². The third-order valence-electron chi connectivity index (χ3n) is 6.81. The van der Waals surface area contributed by atoms with Crippen molar-refractivity contribution in [1.82, 2.24) is 20.9 Å². The van der Waals surface area contributed by atoms with Crippen molar-refractivity contribution in [3.63, 3.8) is 0 Å². The zero-order valence-corrected chi connectivity index (χ0v) is 24.1. The number of para-hydroxylation sites is 1. The molecule has 3 amide bonds. The van der Waals surface area contributed by atoms with Gasteiger partial charge in [-0.05, 0) is 67.9 Å². The van der Waals surface area contributed by atoms with Crippen LogP contribution in [0.25, 0.3) is 0 Å². The molecule has 1 unspecified atom stereocenters. The predicted molar refractivity (Wildman–Crippen MR) is 154 cm³/mol. The average Bonchev–Trinajstić information content (AvgIpc) is 2.88. The molecule has 2 aromatic carbocycles. The lowest BCUT2D eigenvalue weighted by Crippen LogP contribution is -2.53. The Morgan fingerprint density at radius 1 is 0.923 bits per heavy atom. The van der Waals surface area contributed by atoms with Crippen molar-refractivity contribution in [1.29, 1.82) is 0 Å². The van der Waals surface area contributed by atoms with Gasteiger partial charge >= 0.3 is 0 Å². The standard InChI is InChI=1S/C22H32N4O4.C7H6Cl2/c1-26-15-20(28)25-14-19(27)23-11-5-9-16-6-2-3-10-18(16)30-13-12-24-21(22(26)29)17-7-4-8-17;1-5-2-3-6(8)7(9)4-5/h2-3,6,10,17,21,24H,4-5,7-9,11-15H2,1H3,(H,23,27)(H,25,28);2-4H,1H3. The molecule has 1 heterocycles. The lowest BCUT2D eigenvalue weighted by atomic mass is 9.79. The normalized spacial score (nSPS) is 20.1. The molecule has 0 saturated heterocycles. The van der Waals surface area contributed by atoms with Gasteiger partial charge in [0.25, 0.3) is 0 Å². The van der Waals surface area contributed by atoms with Crippen molar-refractivity contribution < 1.29 is 19.1 Å². The summed E-state index contributed by atoms with van der Waals surface area (Å²) >= 11 is 11.3. The fourth-order valence-corrected chi connectivity index (χ4v) is 4.74. The number of rotatable bonds is 1. The number of benzene rings is 2. The van der Waals surface area contributed by atoms with Gasteiger partial charge in [-0.3, -0.25) is 14.4 Å². The molecule has 39 heavy (non-hydrogen) atoms. The molecule has 0 spiro atoms. The van der Waals surface area contributed by atoms with E-state index >= 15 is 0 Å². The number of hydrogen-bond acceptors (Lipinski definition) is 5. The van der Waals surface area contributed by atoms with Gasteiger partial charge in [0.15, 0.2) is 0 Å². The summed E-state index contributed by atoms with van der Waals surface area (Å²) in [6.45, 7) is 3.34. The SMILES string of the molecule is CN1CC(=O)NCC(=O)NCCCc2ccccc2OCCNC(C2CCC2)C1=O.Cc1ccc(Cl)c(Cl)c1. The van der Waals surface area contributed by atoms with Gasteiger partial charge in [0.1, 0.15) is 12.4 Å². The number of fused-ring (bicyclic) bond motifs is 1. The van der Waals surface area contributed by atoms with Crippen LogP contribution in [0.3, 0.4) is 0 Å². The number of likely N-dealkylation sites (N-methyl/N-ethyl adjacent to an activating group) is 1. The molecule has 1 fully saturated rings. The van der Waals surface area contributed by atoms with Crippen LogP contribution in [0.2, 0.25) is 10.0 Å². The fraction of sp³-hybridized carbons (Fsp3) is 0.483. The van der Waals surface area contributed by atoms with E-state index in [1.54, 1.807) is 13.1 Å². The van der Waals surface area contributed by atoms with E-state index in [1.165, 1.54) is 4.90 Å². The highest BCUT2D eigenvalue weighted by atomic mass is 35.5. The second-order valence-electron chi connectivity index (χ2n) is 9.92. The van der Waals surface area contributed by atoms with E-state index < -0.39 is 0 Å². The van der Waals surface area contributed by atoms with Crippen LogP contribution in [0.5, 0.6) is 5.75 Å². The maximum Gasteiger partial charge on any atom is 0.240 e. The van der Waals surface area contributed by atoms with Crippen molar-refractivity contribution in [2.24, 2.45) is 5.92 Å². The minimum absolute atomic E-state index is 0.0686. The lowest BCUT2D eigenvalue weighted by Gasteiger charge is -2.35. The predicted octanol–water partition coefficient (Wildman–Crippen LogP) is 3.76. The number of carbonyl (C=O) groups is 3. The highest BCUT2D eigenvalue weighted by molar-refractivity contribution is 6.42. The summed E-state index contributed by atoms with van der Waals surface area (Å²) in [7, 11) is 1.63. The van der Waals surface area contributed by atoms with Gasteiger partial charge in [-0.15, -0.1) is 0 Å². The number of ether oxygens (including phenoxy) is 1. The summed E-state index contributed by atoms with van der Waals surface area (Å²) in [4.78, 5) is 38.5. The molecule has 4 rings (SSSR count). The number of halogens is 2. The first-order valence-corrected chi connectivity index (χ1v) is 14.1. The third-order valence-corrected chi connectivity index (χ3v) is 7.55. The second kappa shape index (κ2) is 15.7. The average molecular weight is 578 g/mol. The van der Waals surface area contributed by atoms with Crippen molar-refractivity contribution in [3.05, 3.63) is 63.6 Å². The molecule has 212 valence electrons. The van der Waals surface area contributed by atoms with Crippen molar-refractivity contribution in [2.45, 2.75) is 45.1 Å². The number of nitrogens with zero attached hydrogens (tertiary/aromatic N) is 1. The van der Waals surface area contributed by atoms with Crippen LogP contribution in [0.1, 0.15) is 36.8 Å². The van der Waals surface area contributed by atoms with E-state index in [0.29, 0.717) is 29.7 Å². The first-order chi connectivity index (χ1) is 18.7. The summed E-state index contributed by atoms with van der Waals surface area (Å²) in [6, 6.07) is 13.1. The Bertz CT molecular complexity index is 1130. The molecule has 2 aliphatic rings. The summed E-state index contributed by atoms with van der Waals surface area (Å²) in [5.41, 5.74) is 2.22. The van der Waals surface area contributed by atoms with Crippen molar-refractivity contribution in [3.8, 4) is 5.75 Å². The van der Waals surface area contributed by atoms with Gasteiger partial charge in [0.2, 0.25) is 17.7 Å². The Hall–Kier alpha value is -2.81. The van der Waals surface area contributed by atoms with Gasteiger partial charge < -0.3 is 25.6 Å². The maximum absolute atomic E-state index is 12.9. The van der Waals surface area contributed by atoms with E-state index in [4.69, 9.17) is 27.9 Å². The zero-order chi connectivity index (χ0) is 28.2. The summed E-state index contributed by atoms with van der Waals surface area (Å²) in [6.07, 6.45) is 4.70. The first kappa shape index (κ1) is 30.7. The number of nitrogens with one attached hydrogen (secondary N) is 3. The molecule has 0 aromatic heterocycles. The van der Waals surface area contributed by atoms with Crippen LogP contribution in [0.4, 0.5) is 0 Å². The van der Waals surface area contributed by atoms with Gasteiger partial charge in [-0.2, -0.15) is 0 Å². The van der Waals surface area contributed by atoms with Gasteiger partial charge in [0.05, 0.1) is 29.2 Å². The Balaban J connectivity index is 0.000000395. The molecule has 0 radical (unpaired) electrons. The Kier molecular flexibility index (Phi) is 12.4. The summed E-state index contributed by atoms with van der Waals surface area (Å²) in [5.74, 6) is 0.443. The lowest BCUT2D eigenvalue weighted by molar-refractivity contribution is -0.138. The Labute approximate surface area is 240 Å². The molecule has 1 atom stereocenters. The van der Waals surface area contributed by atoms with Crippen LogP contribution in [0, 0.1) is 12.8 Å². The third kappa shape index (κ3) is 10.0. The molecular weight excluding hydrogens is 539 g/mol. The summed E-state index contributed by atoms with van der Waals surface area (Å²) in [5, 5.41) is 9.98. The number of amides is 3. The summed E-state index contributed by atoms with van der Waals surface area (Å²) < 4.78 is 5.97. The first-order valence-electron chi connectivity index (χ1n) is 13.4. The van der Waals surface area contributed by atoms with Crippen LogP contribution in [0.15, 0.2) is 42.5 Å². The van der Waals surface area contributed by atoms with E-state index in [1.807, 2.05) is 43.3 Å². The second-order valence-corrected chi connectivity index (χ2v) is 10.7. The molecule has 1 aliphatic heterocycles. The fourth-order valence-electron chi connectivity index (χ4n) is 4.39. The molecule has 3 N–H and O–H groups in total. The number of hydrogen-bond donors (Lipinski definition) is 3. The van der Waals surface area contributed by atoms with E-state index in [0.717, 1.165) is 49.0 Å². The number of carbonyl (C=O) groups excluding carboxylic acids is 3. The van der Waals surface area contributed by atoms with Crippen LogP contribution in [-0.4, -0.2) is 68.5 Å². The molecule has 8 nitrogen and oxygen atoms in total. The monoisotopic (exact) mass is 576 g/mol. The zero-order valence-electron chi connectivity index (χ0n) is 22.6. The quantitative estimate of drug-likeness (QED) is 0.480. The Morgan fingerprint density at radius 2 is 1.69 bits per heavy atom. The van der Waals surface area contributed by atoms with Gasteiger partial charge in [0, 0.05) is 20.1 Å². The van der Waals surface area contributed by atoms with Crippen LogP contribution in [-0.2, 0) is 20.8 Å². The topological polar surface area (TPSA) is 99.8 Å². The van der Waals surface area contributed by atoms with E-state index in [2.05, 4.69) is 16.0 Å². The largest absolute Gasteiger partial charge is 0.492 e. The number of aryl methyl sites for hydroxylation is 2. The maximum atomic E-state index is 12.9. The highest BCUT2D eigenvalue weighted by Crippen LogP contribution is 2.30.